The molecule has 1 aromatic rings. The number of hydrogen-bond acceptors (Lipinski definition) is 5. The highest BCUT2D eigenvalue weighted by atomic mass is 16.3. The topological polar surface area (TPSA) is 70.1 Å². The zero-order valence-electron chi connectivity index (χ0n) is 13.4. The lowest BCUT2D eigenvalue weighted by atomic mass is 9.99. The van der Waals surface area contributed by atoms with E-state index in [0.29, 0.717) is 0 Å². The summed E-state index contributed by atoms with van der Waals surface area (Å²) >= 11 is 0. The molecule has 5 nitrogen and oxygen atoms in total. The molecule has 1 heterocycles. The predicted molar refractivity (Wildman–Crippen MR) is 86.8 cm³/mol. The smallest absolute Gasteiger partial charge is 0.135 e. The zero-order valence-corrected chi connectivity index (χ0v) is 13.4. The third-order valence-corrected chi connectivity index (χ3v) is 4.07. The fraction of sp³-hybridized carbons (Fsp3) is 0.750. The van der Waals surface area contributed by atoms with Crippen molar-refractivity contribution >= 4 is 11.6 Å². The van der Waals surface area contributed by atoms with Gasteiger partial charge in [-0.2, -0.15) is 0 Å². The largest absolute Gasteiger partial charge is 0.394 e. The molecule has 0 unspecified atom stereocenters. The van der Waals surface area contributed by atoms with Crippen molar-refractivity contribution in [1.82, 2.24) is 9.97 Å². The molecule has 0 aliphatic heterocycles. The van der Waals surface area contributed by atoms with E-state index in [9.17, 15) is 5.11 Å². The molecule has 0 saturated heterocycles. The maximum Gasteiger partial charge on any atom is 0.135 e. The van der Waals surface area contributed by atoms with Gasteiger partial charge < -0.3 is 15.7 Å². The lowest BCUT2D eigenvalue weighted by Gasteiger charge is -2.29. The van der Waals surface area contributed by atoms with Crippen molar-refractivity contribution in [2.45, 2.75) is 64.3 Å². The monoisotopic (exact) mass is 292 g/mol. The number of rotatable bonds is 7. The first-order valence-electron chi connectivity index (χ1n) is 8.10. The van der Waals surface area contributed by atoms with E-state index in [1.807, 2.05) is 6.07 Å². The molecule has 3 N–H and O–H groups in total. The van der Waals surface area contributed by atoms with E-state index in [2.05, 4.69) is 41.4 Å². The normalized spacial score (nSPS) is 17.2. The van der Waals surface area contributed by atoms with Gasteiger partial charge in [-0.3, -0.25) is 0 Å². The van der Waals surface area contributed by atoms with E-state index in [0.717, 1.165) is 56.1 Å². The molecular formula is C16H28N4O. The average Bonchev–Trinajstić information content (AvgIpc) is 2.94. The zero-order chi connectivity index (χ0) is 15.3. The van der Waals surface area contributed by atoms with Crippen LogP contribution in [0.5, 0.6) is 0 Å². The van der Waals surface area contributed by atoms with Gasteiger partial charge in [0.2, 0.25) is 0 Å². The molecule has 0 aromatic carbocycles. The average molecular weight is 292 g/mol. The molecule has 0 spiro atoms. The number of aliphatic hydroxyl groups is 1. The Morgan fingerprint density at radius 3 is 2.48 bits per heavy atom. The summed E-state index contributed by atoms with van der Waals surface area (Å²) in [5, 5.41) is 16.6. The van der Waals surface area contributed by atoms with Crippen molar-refractivity contribution in [3.05, 3.63) is 11.9 Å². The highest BCUT2D eigenvalue weighted by Gasteiger charge is 2.33. The Morgan fingerprint density at radius 1 is 1.24 bits per heavy atom. The Balaban J connectivity index is 2.22. The van der Waals surface area contributed by atoms with Gasteiger partial charge in [-0.05, 0) is 19.3 Å². The van der Waals surface area contributed by atoms with Crippen LogP contribution in [0.2, 0.25) is 0 Å². The fourth-order valence-corrected chi connectivity index (χ4v) is 2.78. The summed E-state index contributed by atoms with van der Waals surface area (Å²) in [7, 11) is 0. The van der Waals surface area contributed by atoms with Crippen molar-refractivity contribution in [2.24, 2.45) is 0 Å². The van der Waals surface area contributed by atoms with Crippen molar-refractivity contribution in [3.8, 4) is 0 Å². The number of aliphatic hydroxyl groups excluding tert-OH is 1. The molecule has 118 valence electrons. The molecule has 5 heteroatoms. The van der Waals surface area contributed by atoms with Crippen LogP contribution in [0.25, 0.3) is 0 Å². The maximum atomic E-state index is 9.75. The molecule has 0 amide bonds. The number of anilines is 2. The first-order chi connectivity index (χ1) is 10.1. The van der Waals surface area contributed by atoms with Gasteiger partial charge in [0, 0.05) is 18.5 Å². The summed E-state index contributed by atoms with van der Waals surface area (Å²) in [5.74, 6) is 2.81. The number of nitrogens with zero attached hydrogens (tertiary/aromatic N) is 2. The molecular weight excluding hydrogens is 264 g/mol. The van der Waals surface area contributed by atoms with Crippen LogP contribution in [0.15, 0.2) is 6.07 Å². The summed E-state index contributed by atoms with van der Waals surface area (Å²) in [6, 6.07) is 1.96. The lowest BCUT2D eigenvalue weighted by Crippen LogP contribution is -2.39. The molecule has 1 aliphatic carbocycles. The van der Waals surface area contributed by atoms with Crippen LogP contribution >= 0.6 is 0 Å². The molecule has 1 saturated carbocycles. The van der Waals surface area contributed by atoms with Crippen molar-refractivity contribution in [3.63, 3.8) is 0 Å². The Labute approximate surface area is 127 Å². The van der Waals surface area contributed by atoms with E-state index in [4.69, 9.17) is 0 Å². The third-order valence-electron chi connectivity index (χ3n) is 4.07. The standard InChI is InChI=1S/C16H28N4O/c1-4-9-17-13-10-14(19-15(18-13)12(2)3)20-16(11-21)7-5-6-8-16/h10,12,21H,4-9,11H2,1-3H3,(H2,17,18,19,20). The van der Waals surface area contributed by atoms with Crippen molar-refractivity contribution < 1.29 is 5.11 Å². The van der Waals surface area contributed by atoms with Crippen molar-refractivity contribution in [1.29, 1.82) is 0 Å². The molecule has 1 fully saturated rings. The van der Waals surface area contributed by atoms with E-state index in [-0.39, 0.29) is 18.1 Å². The van der Waals surface area contributed by atoms with Gasteiger partial charge in [0.05, 0.1) is 12.1 Å². The Bertz CT molecular complexity index is 456. The quantitative estimate of drug-likeness (QED) is 0.720. The first kappa shape index (κ1) is 16.0. The van der Waals surface area contributed by atoms with Crippen LogP contribution in [0, 0.1) is 0 Å². The SMILES string of the molecule is CCCNc1cc(NC2(CO)CCCC2)nc(C(C)C)n1. The van der Waals surface area contributed by atoms with E-state index >= 15 is 0 Å². The van der Waals surface area contributed by atoms with Gasteiger partial charge in [-0.15, -0.1) is 0 Å². The lowest BCUT2D eigenvalue weighted by molar-refractivity contribution is 0.214. The second-order valence-electron chi connectivity index (χ2n) is 6.35. The number of hydrogen-bond donors (Lipinski definition) is 3. The Hall–Kier alpha value is -1.36. The van der Waals surface area contributed by atoms with Crippen LogP contribution in [0.4, 0.5) is 11.6 Å². The maximum absolute atomic E-state index is 9.75. The molecule has 0 bridgehead atoms. The van der Waals surface area contributed by atoms with Crippen LogP contribution in [0.3, 0.4) is 0 Å². The van der Waals surface area contributed by atoms with Gasteiger partial charge in [0.15, 0.2) is 0 Å². The minimum atomic E-state index is -0.204. The third kappa shape index (κ3) is 4.06. The summed E-state index contributed by atoms with van der Waals surface area (Å²) in [5.41, 5.74) is -0.204. The van der Waals surface area contributed by atoms with E-state index < -0.39 is 0 Å². The van der Waals surface area contributed by atoms with E-state index in [1.54, 1.807) is 0 Å². The summed E-state index contributed by atoms with van der Waals surface area (Å²) in [6.45, 7) is 7.39. The number of aromatic nitrogens is 2. The van der Waals surface area contributed by atoms with Gasteiger partial charge in [-0.25, -0.2) is 9.97 Å². The van der Waals surface area contributed by atoms with Crippen molar-refractivity contribution in [2.75, 3.05) is 23.8 Å². The second-order valence-corrected chi connectivity index (χ2v) is 6.35. The molecule has 2 rings (SSSR count). The second kappa shape index (κ2) is 7.07. The first-order valence-corrected chi connectivity index (χ1v) is 8.10. The van der Waals surface area contributed by atoms with Crippen LogP contribution in [-0.2, 0) is 0 Å². The van der Waals surface area contributed by atoms with E-state index in [1.165, 1.54) is 0 Å². The summed E-state index contributed by atoms with van der Waals surface area (Å²) in [4.78, 5) is 9.19. The fourth-order valence-electron chi connectivity index (χ4n) is 2.78. The molecule has 21 heavy (non-hydrogen) atoms. The van der Waals surface area contributed by atoms with Crippen LogP contribution in [-0.4, -0.2) is 33.8 Å². The molecule has 1 aliphatic rings. The minimum absolute atomic E-state index is 0.158. The summed E-state index contributed by atoms with van der Waals surface area (Å²) < 4.78 is 0. The van der Waals surface area contributed by atoms with Crippen LogP contribution < -0.4 is 10.6 Å². The predicted octanol–water partition coefficient (Wildman–Crippen LogP) is 3.14. The highest BCUT2D eigenvalue weighted by molar-refractivity contribution is 5.49. The summed E-state index contributed by atoms with van der Waals surface area (Å²) in [6.07, 6.45) is 5.39. The highest BCUT2D eigenvalue weighted by Crippen LogP contribution is 2.33. The minimum Gasteiger partial charge on any atom is -0.394 e. The van der Waals surface area contributed by atoms with Gasteiger partial charge in [0.25, 0.3) is 0 Å². The molecule has 0 radical (unpaired) electrons. The van der Waals surface area contributed by atoms with Gasteiger partial charge in [0.1, 0.15) is 17.5 Å². The molecule has 0 atom stereocenters. The Morgan fingerprint density at radius 2 is 1.90 bits per heavy atom. The van der Waals surface area contributed by atoms with Gasteiger partial charge >= 0.3 is 0 Å². The van der Waals surface area contributed by atoms with Crippen LogP contribution in [0.1, 0.15) is 64.6 Å². The molecule has 1 aromatic heterocycles. The van der Waals surface area contributed by atoms with Gasteiger partial charge in [-0.1, -0.05) is 33.6 Å². The number of nitrogens with one attached hydrogen (secondary N) is 2. The Kier molecular flexibility index (Phi) is 5.39.